The summed E-state index contributed by atoms with van der Waals surface area (Å²) in [6.07, 6.45) is 3.41. The highest BCUT2D eigenvalue weighted by atomic mass is 19.1. The third kappa shape index (κ3) is 3.58. The molecule has 0 saturated heterocycles. The van der Waals surface area contributed by atoms with Gasteiger partial charge in [-0.15, -0.1) is 0 Å². The zero-order chi connectivity index (χ0) is 20.5. The van der Waals surface area contributed by atoms with Crippen molar-refractivity contribution >= 4 is 17.6 Å². The van der Waals surface area contributed by atoms with E-state index in [9.17, 15) is 18.4 Å². The summed E-state index contributed by atoms with van der Waals surface area (Å²) in [5.74, 6) is -2.11. The van der Waals surface area contributed by atoms with E-state index >= 15 is 0 Å². The first kappa shape index (κ1) is 18.7. The molecule has 3 heterocycles. The van der Waals surface area contributed by atoms with E-state index in [-0.39, 0.29) is 18.0 Å². The molecule has 2 aromatic heterocycles. The second-order valence-electron chi connectivity index (χ2n) is 6.51. The van der Waals surface area contributed by atoms with Crippen molar-refractivity contribution in [2.75, 3.05) is 18.6 Å². The molecule has 3 aromatic rings. The fourth-order valence-corrected chi connectivity index (χ4v) is 3.29. The molecule has 148 valence electrons. The van der Waals surface area contributed by atoms with Crippen LogP contribution in [0.25, 0.3) is 5.69 Å². The fraction of sp³-hybridized carbons (Fsp3) is 0.200. The molecule has 0 fully saturated rings. The standard InChI is InChI=1S/C20H16F2N4O3/c1-29-19(27)9-14-2-3-15(10-23-14)25-5-4-18-17(20(25)28)11-24-26(18)16-7-12(21)6-13(22)8-16/h2-3,6-8,10-11H,4-5,9H2,1H3. The molecule has 0 bridgehead atoms. The maximum atomic E-state index is 13.6. The minimum absolute atomic E-state index is 0.0475. The van der Waals surface area contributed by atoms with Crippen LogP contribution in [-0.2, 0) is 22.4 Å². The van der Waals surface area contributed by atoms with Crippen LogP contribution in [0.1, 0.15) is 21.7 Å². The fourth-order valence-electron chi connectivity index (χ4n) is 3.29. The lowest BCUT2D eigenvalue weighted by Crippen LogP contribution is -2.38. The molecule has 7 nitrogen and oxygen atoms in total. The summed E-state index contributed by atoms with van der Waals surface area (Å²) in [5.41, 5.74) is 2.29. The normalized spacial score (nSPS) is 13.3. The molecule has 29 heavy (non-hydrogen) atoms. The number of nitrogens with zero attached hydrogens (tertiary/aromatic N) is 4. The first-order valence-corrected chi connectivity index (χ1v) is 8.83. The number of aromatic nitrogens is 3. The Morgan fingerprint density at radius 1 is 1.14 bits per heavy atom. The lowest BCUT2D eigenvalue weighted by Gasteiger charge is -2.27. The van der Waals surface area contributed by atoms with E-state index in [0.717, 1.165) is 18.2 Å². The quantitative estimate of drug-likeness (QED) is 0.631. The van der Waals surface area contributed by atoms with Crippen LogP contribution < -0.4 is 4.90 Å². The van der Waals surface area contributed by atoms with Crippen LogP contribution in [0.5, 0.6) is 0 Å². The number of pyridine rings is 1. The zero-order valence-corrected chi connectivity index (χ0v) is 15.4. The van der Waals surface area contributed by atoms with Crippen LogP contribution in [0.15, 0.2) is 42.7 Å². The molecule has 0 radical (unpaired) electrons. The summed E-state index contributed by atoms with van der Waals surface area (Å²) in [6, 6.07) is 6.48. The number of esters is 1. The summed E-state index contributed by atoms with van der Waals surface area (Å²) in [6.45, 7) is 0.355. The first-order chi connectivity index (χ1) is 14.0. The Hall–Kier alpha value is -3.62. The topological polar surface area (TPSA) is 77.3 Å². The molecule has 0 spiro atoms. The monoisotopic (exact) mass is 398 g/mol. The Bertz CT molecular complexity index is 1080. The molecule has 9 heteroatoms. The van der Waals surface area contributed by atoms with Crippen LogP contribution in [0.4, 0.5) is 14.5 Å². The average Bonchev–Trinajstić information content (AvgIpc) is 3.13. The van der Waals surface area contributed by atoms with Crippen molar-refractivity contribution in [2.24, 2.45) is 0 Å². The molecular weight excluding hydrogens is 382 g/mol. The summed E-state index contributed by atoms with van der Waals surface area (Å²) < 4.78 is 33.1. The van der Waals surface area contributed by atoms with Crippen LogP contribution in [0.2, 0.25) is 0 Å². The lowest BCUT2D eigenvalue weighted by atomic mass is 10.1. The van der Waals surface area contributed by atoms with E-state index in [2.05, 4.69) is 14.8 Å². The predicted octanol–water partition coefficient (Wildman–Crippen LogP) is 2.46. The maximum absolute atomic E-state index is 13.6. The number of anilines is 1. The van der Waals surface area contributed by atoms with Crippen LogP contribution in [-0.4, -0.2) is 40.3 Å². The van der Waals surface area contributed by atoms with Gasteiger partial charge in [0.25, 0.3) is 5.91 Å². The Labute approximate surface area is 164 Å². The molecule has 1 amide bonds. The number of halogens is 2. The van der Waals surface area contributed by atoms with Gasteiger partial charge in [-0.3, -0.25) is 14.6 Å². The zero-order valence-electron chi connectivity index (χ0n) is 15.4. The van der Waals surface area contributed by atoms with Crippen molar-refractivity contribution < 1.29 is 23.1 Å². The van der Waals surface area contributed by atoms with Gasteiger partial charge in [0.05, 0.1) is 54.3 Å². The number of carbonyl (C=O) groups excluding carboxylic acids is 2. The van der Waals surface area contributed by atoms with Crippen molar-refractivity contribution in [2.45, 2.75) is 12.8 Å². The van der Waals surface area contributed by atoms with E-state index in [4.69, 9.17) is 0 Å². The number of hydrogen-bond donors (Lipinski definition) is 0. The van der Waals surface area contributed by atoms with Gasteiger partial charge < -0.3 is 9.64 Å². The molecule has 0 N–H and O–H groups in total. The number of carbonyl (C=O) groups is 2. The van der Waals surface area contributed by atoms with Gasteiger partial charge in [0.15, 0.2) is 0 Å². The highest BCUT2D eigenvalue weighted by Crippen LogP contribution is 2.26. The summed E-state index contributed by atoms with van der Waals surface area (Å²) in [5, 5.41) is 4.15. The smallest absolute Gasteiger partial charge is 0.311 e. The lowest BCUT2D eigenvalue weighted by molar-refractivity contribution is -0.139. The van der Waals surface area contributed by atoms with Gasteiger partial charge in [0.1, 0.15) is 11.6 Å². The molecule has 0 atom stereocenters. The van der Waals surface area contributed by atoms with Crippen molar-refractivity contribution in [3.8, 4) is 5.69 Å². The largest absolute Gasteiger partial charge is 0.469 e. The number of ether oxygens (including phenoxy) is 1. The number of hydrogen-bond acceptors (Lipinski definition) is 5. The average molecular weight is 398 g/mol. The highest BCUT2D eigenvalue weighted by molar-refractivity contribution is 6.07. The van der Waals surface area contributed by atoms with E-state index < -0.39 is 17.6 Å². The van der Waals surface area contributed by atoms with Crippen molar-refractivity contribution in [1.29, 1.82) is 0 Å². The maximum Gasteiger partial charge on any atom is 0.311 e. The number of rotatable bonds is 4. The van der Waals surface area contributed by atoms with Crippen LogP contribution in [0.3, 0.4) is 0 Å². The molecule has 1 aromatic carbocycles. The first-order valence-electron chi connectivity index (χ1n) is 8.83. The molecule has 0 unspecified atom stereocenters. The Balaban J connectivity index is 1.60. The Morgan fingerprint density at radius 3 is 2.55 bits per heavy atom. The molecule has 0 saturated carbocycles. The van der Waals surface area contributed by atoms with Crippen LogP contribution >= 0.6 is 0 Å². The second kappa shape index (κ2) is 7.42. The minimum Gasteiger partial charge on any atom is -0.469 e. The summed E-state index contributed by atoms with van der Waals surface area (Å²) >= 11 is 0. The molecule has 0 aliphatic carbocycles. The number of fused-ring (bicyclic) bond motifs is 1. The van der Waals surface area contributed by atoms with E-state index in [1.54, 1.807) is 17.0 Å². The van der Waals surface area contributed by atoms with Gasteiger partial charge >= 0.3 is 5.97 Å². The Kier molecular flexibility index (Phi) is 4.79. The SMILES string of the molecule is COC(=O)Cc1ccc(N2CCc3c(cnn3-c3cc(F)cc(F)c3)C2=O)cn1. The third-order valence-corrected chi connectivity index (χ3v) is 4.68. The molecule has 1 aliphatic heterocycles. The molecule has 4 rings (SSSR count). The van der Waals surface area contributed by atoms with Gasteiger partial charge in [-0.2, -0.15) is 5.10 Å². The van der Waals surface area contributed by atoms with Gasteiger partial charge in [-0.1, -0.05) is 0 Å². The summed E-state index contributed by atoms with van der Waals surface area (Å²) in [7, 11) is 1.30. The Morgan fingerprint density at radius 2 is 1.90 bits per heavy atom. The second-order valence-corrected chi connectivity index (χ2v) is 6.51. The van der Waals surface area contributed by atoms with E-state index in [0.29, 0.717) is 35.6 Å². The van der Waals surface area contributed by atoms with Crippen LogP contribution in [0, 0.1) is 11.6 Å². The van der Waals surface area contributed by atoms with Crippen molar-refractivity contribution in [3.63, 3.8) is 0 Å². The minimum atomic E-state index is -0.717. The van der Waals surface area contributed by atoms with E-state index in [1.807, 2.05) is 0 Å². The molecule has 1 aliphatic rings. The summed E-state index contributed by atoms with van der Waals surface area (Å²) in [4.78, 5) is 30.0. The van der Waals surface area contributed by atoms with E-state index in [1.165, 1.54) is 24.2 Å². The number of amides is 1. The van der Waals surface area contributed by atoms with Crippen molar-refractivity contribution in [3.05, 3.63) is 71.3 Å². The van der Waals surface area contributed by atoms with Gasteiger partial charge in [-0.25, -0.2) is 13.5 Å². The van der Waals surface area contributed by atoms with Gasteiger partial charge in [-0.05, 0) is 24.3 Å². The number of methoxy groups -OCH3 is 1. The third-order valence-electron chi connectivity index (χ3n) is 4.68. The molecular formula is C20H16F2N4O3. The van der Waals surface area contributed by atoms with Crippen molar-refractivity contribution in [1.82, 2.24) is 14.8 Å². The highest BCUT2D eigenvalue weighted by Gasteiger charge is 2.29. The predicted molar refractivity (Wildman–Crippen MR) is 98.8 cm³/mol. The number of benzene rings is 1. The van der Waals surface area contributed by atoms with Gasteiger partial charge in [0.2, 0.25) is 0 Å². The van der Waals surface area contributed by atoms with Gasteiger partial charge in [0, 0.05) is 19.0 Å².